The van der Waals surface area contributed by atoms with Crippen molar-refractivity contribution in [1.29, 1.82) is 0 Å². The van der Waals surface area contributed by atoms with Crippen LogP contribution in [-0.4, -0.2) is 30.0 Å². The minimum atomic E-state index is -0.913. The summed E-state index contributed by atoms with van der Waals surface area (Å²) in [7, 11) is 1.56. The van der Waals surface area contributed by atoms with Gasteiger partial charge in [0.25, 0.3) is 5.91 Å². The van der Waals surface area contributed by atoms with Gasteiger partial charge in [-0.3, -0.25) is 19.4 Å². The molecule has 3 atom stereocenters. The minimum Gasteiger partial charge on any atom is -0.497 e. The molecule has 0 N–H and O–H groups in total. The molecule has 156 valence electrons. The van der Waals surface area contributed by atoms with E-state index in [0.717, 1.165) is 15.7 Å². The second-order valence-corrected chi connectivity index (χ2v) is 8.21. The molecule has 2 fully saturated rings. The van der Waals surface area contributed by atoms with Crippen molar-refractivity contribution >= 4 is 39.1 Å². The van der Waals surface area contributed by atoms with Gasteiger partial charge in [0.2, 0.25) is 5.91 Å². The van der Waals surface area contributed by atoms with Crippen LogP contribution in [-0.2, 0) is 14.4 Å². The van der Waals surface area contributed by atoms with E-state index in [1.54, 1.807) is 48.8 Å². The Labute approximate surface area is 187 Å². The topological polar surface area (TPSA) is 72.0 Å². The summed E-state index contributed by atoms with van der Waals surface area (Å²) < 4.78 is 6.10. The number of amides is 2. The van der Waals surface area contributed by atoms with Gasteiger partial charge in [0.1, 0.15) is 11.7 Å². The summed E-state index contributed by atoms with van der Waals surface area (Å²) in [5.41, 5.74) is 2.05. The molecule has 0 saturated carbocycles. The molecule has 5 rings (SSSR count). The van der Waals surface area contributed by atoms with Crippen LogP contribution in [0.2, 0.25) is 0 Å². The molecule has 31 heavy (non-hydrogen) atoms. The van der Waals surface area contributed by atoms with E-state index in [1.807, 2.05) is 36.4 Å². The standard InChI is InChI=1S/C23H18BrN3O4/c1-30-18-10-8-16(9-11-18)26-22(28)19-20(14-3-2-12-25-13-14)27(31-21(19)23(26)29)17-6-4-15(24)5-7-17/h2-13,19-21H,1H3. The zero-order valence-corrected chi connectivity index (χ0v) is 18.1. The second-order valence-electron chi connectivity index (χ2n) is 7.30. The maximum atomic E-state index is 13.5. The summed E-state index contributed by atoms with van der Waals surface area (Å²) in [6.07, 6.45) is 2.46. The Balaban J connectivity index is 1.55. The molecule has 7 nitrogen and oxygen atoms in total. The largest absolute Gasteiger partial charge is 0.497 e. The van der Waals surface area contributed by atoms with E-state index >= 15 is 0 Å². The van der Waals surface area contributed by atoms with Crippen LogP contribution >= 0.6 is 15.9 Å². The molecular weight excluding hydrogens is 462 g/mol. The van der Waals surface area contributed by atoms with Gasteiger partial charge < -0.3 is 4.74 Å². The molecule has 3 aromatic rings. The lowest BCUT2D eigenvalue weighted by Gasteiger charge is -2.28. The smallest absolute Gasteiger partial charge is 0.266 e. The molecule has 2 aliphatic heterocycles. The molecule has 2 amide bonds. The fourth-order valence-corrected chi connectivity index (χ4v) is 4.37. The highest BCUT2D eigenvalue weighted by Crippen LogP contribution is 2.47. The fraction of sp³-hybridized carbons (Fsp3) is 0.174. The number of aromatic nitrogens is 1. The third-order valence-electron chi connectivity index (χ3n) is 5.55. The van der Waals surface area contributed by atoms with Crippen molar-refractivity contribution < 1.29 is 19.2 Å². The van der Waals surface area contributed by atoms with Gasteiger partial charge in [0, 0.05) is 16.9 Å². The van der Waals surface area contributed by atoms with Crippen LogP contribution in [0.15, 0.2) is 77.5 Å². The quantitative estimate of drug-likeness (QED) is 0.528. The number of rotatable bonds is 4. The summed E-state index contributed by atoms with van der Waals surface area (Å²) in [5, 5.41) is 1.65. The molecule has 2 saturated heterocycles. The van der Waals surface area contributed by atoms with Crippen molar-refractivity contribution in [2.45, 2.75) is 12.1 Å². The number of hydrogen-bond donors (Lipinski definition) is 0. The molecule has 3 unspecified atom stereocenters. The van der Waals surface area contributed by atoms with Gasteiger partial charge in [-0.1, -0.05) is 22.0 Å². The Morgan fingerprint density at radius 1 is 0.968 bits per heavy atom. The molecule has 0 spiro atoms. The van der Waals surface area contributed by atoms with Gasteiger partial charge in [0.15, 0.2) is 6.10 Å². The Hall–Kier alpha value is -3.23. The molecule has 1 aromatic heterocycles. The number of pyridine rings is 1. The normalized spacial score (nSPS) is 22.7. The highest BCUT2D eigenvalue weighted by molar-refractivity contribution is 9.10. The van der Waals surface area contributed by atoms with Crippen LogP contribution in [0.5, 0.6) is 5.75 Å². The number of nitrogens with zero attached hydrogens (tertiary/aromatic N) is 3. The van der Waals surface area contributed by atoms with Crippen LogP contribution < -0.4 is 14.7 Å². The third-order valence-corrected chi connectivity index (χ3v) is 6.08. The first-order valence-electron chi connectivity index (χ1n) is 9.72. The van der Waals surface area contributed by atoms with Gasteiger partial charge in [-0.2, -0.15) is 0 Å². The summed E-state index contributed by atoms with van der Waals surface area (Å²) in [4.78, 5) is 38.3. The summed E-state index contributed by atoms with van der Waals surface area (Å²) in [6.45, 7) is 0. The molecule has 0 aliphatic carbocycles. The number of fused-ring (bicyclic) bond motifs is 1. The first-order chi connectivity index (χ1) is 15.1. The number of methoxy groups -OCH3 is 1. The van der Waals surface area contributed by atoms with E-state index in [0.29, 0.717) is 11.4 Å². The van der Waals surface area contributed by atoms with E-state index in [9.17, 15) is 9.59 Å². The van der Waals surface area contributed by atoms with Crippen LogP contribution in [0.3, 0.4) is 0 Å². The zero-order valence-electron chi connectivity index (χ0n) is 16.5. The fourth-order valence-electron chi connectivity index (χ4n) is 4.10. The van der Waals surface area contributed by atoms with Crippen molar-refractivity contribution in [1.82, 2.24) is 4.98 Å². The Morgan fingerprint density at radius 2 is 1.68 bits per heavy atom. The zero-order chi connectivity index (χ0) is 21.5. The van der Waals surface area contributed by atoms with Crippen molar-refractivity contribution in [3.8, 4) is 5.75 Å². The average Bonchev–Trinajstić information content (AvgIpc) is 3.31. The van der Waals surface area contributed by atoms with Crippen molar-refractivity contribution in [3.63, 3.8) is 0 Å². The van der Waals surface area contributed by atoms with Crippen molar-refractivity contribution in [2.75, 3.05) is 17.1 Å². The van der Waals surface area contributed by atoms with Gasteiger partial charge in [-0.05, 0) is 60.2 Å². The lowest BCUT2D eigenvalue weighted by atomic mass is 9.91. The number of anilines is 2. The first-order valence-corrected chi connectivity index (χ1v) is 10.5. The molecule has 2 aromatic carbocycles. The number of hydroxylamine groups is 1. The summed E-state index contributed by atoms with van der Waals surface area (Å²) >= 11 is 3.43. The highest BCUT2D eigenvalue weighted by atomic mass is 79.9. The van der Waals surface area contributed by atoms with Crippen LogP contribution in [0, 0.1) is 5.92 Å². The van der Waals surface area contributed by atoms with Crippen LogP contribution in [0.4, 0.5) is 11.4 Å². The Morgan fingerprint density at radius 3 is 2.32 bits per heavy atom. The number of halogens is 1. The number of benzene rings is 2. The summed E-state index contributed by atoms with van der Waals surface area (Å²) in [6, 6.07) is 17.6. The first kappa shape index (κ1) is 19.7. The molecule has 2 aliphatic rings. The minimum absolute atomic E-state index is 0.298. The number of carbonyl (C=O) groups is 2. The lowest BCUT2D eigenvalue weighted by molar-refractivity contribution is -0.126. The van der Waals surface area contributed by atoms with Gasteiger partial charge in [-0.25, -0.2) is 9.96 Å². The maximum absolute atomic E-state index is 13.5. The van der Waals surface area contributed by atoms with Crippen molar-refractivity contribution in [3.05, 3.63) is 83.1 Å². The Bertz CT molecular complexity index is 1120. The third kappa shape index (κ3) is 3.28. The predicted octanol–water partition coefficient (Wildman–Crippen LogP) is 3.90. The number of imide groups is 1. The molecule has 0 radical (unpaired) electrons. The van der Waals surface area contributed by atoms with E-state index in [-0.39, 0.29) is 11.8 Å². The Kier molecular flexibility index (Phi) is 4.95. The number of ether oxygens (including phenoxy) is 1. The monoisotopic (exact) mass is 479 g/mol. The molecule has 8 heteroatoms. The number of carbonyl (C=O) groups excluding carboxylic acids is 2. The predicted molar refractivity (Wildman–Crippen MR) is 117 cm³/mol. The number of hydrogen-bond acceptors (Lipinski definition) is 6. The summed E-state index contributed by atoms with van der Waals surface area (Å²) in [5.74, 6) is -0.723. The van der Waals surface area contributed by atoms with Gasteiger partial charge in [-0.15, -0.1) is 0 Å². The van der Waals surface area contributed by atoms with Crippen molar-refractivity contribution in [2.24, 2.45) is 5.92 Å². The average molecular weight is 480 g/mol. The second kappa shape index (κ2) is 7.79. The molecule has 3 heterocycles. The van der Waals surface area contributed by atoms with Crippen LogP contribution in [0.1, 0.15) is 11.6 Å². The lowest BCUT2D eigenvalue weighted by Crippen LogP contribution is -2.37. The van der Waals surface area contributed by atoms with Crippen LogP contribution in [0.25, 0.3) is 0 Å². The molecular formula is C23H18BrN3O4. The van der Waals surface area contributed by atoms with Gasteiger partial charge in [0.05, 0.1) is 24.5 Å². The van der Waals surface area contributed by atoms with Gasteiger partial charge >= 0.3 is 0 Å². The highest BCUT2D eigenvalue weighted by Gasteiger charge is 2.60. The van der Waals surface area contributed by atoms with E-state index in [2.05, 4.69) is 20.9 Å². The van der Waals surface area contributed by atoms with E-state index in [1.165, 1.54) is 4.90 Å². The van der Waals surface area contributed by atoms with E-state index in [4.69, 9.17) is 9.57 Å². The SMILES string of the molecule is COc1ccc(N2C(=O)C3ON(c4ccc(Br)cc4)C(c4cccnc4)C3C2=O)cc1. The molecule has 0 bridgehead atoms. The maximum Gasteiger partial charge on any atom is 0.266 e. The van der Waals surface area contributed by atoms with E-state index < -0.39 is 18.1 Å².